The maximum atomic E-state index is 12.8. The van der Waals surface area contributed by atoms with E-state index in [-0.39, 0.29) is 5.82 Å². The van der Waals surface area contributed by atoms with Crippen LogP contribution < -0.4 is 10.5 Å². The van der Waals surface area contributed by atoms with Crippen molar-refractivity contribution in [1.29, 1.82) is 0 Å². The molecule has 70 valence electrons. The minimum atomic E-state index is -0.280. The molecule has 1 rings (SSSR count). The first kappa shape index (κ1) is 9.74. The molecule has 0 aromatic heterocycles. The van der Waals surface area contributed by atoms with Crippen LogP contribution in [0.3, 0.4) is 0 Å². The van der Waals surface area contributed by atoms with Gasteiger partial charge in [-0.05, 0) is 18.2 Å². The van der Waals surface area contributed by atoms with Crippen molar-refractivity contribution < 1.29 is 9.13 Å². The van der Waals surface area contributed by atoms with E-state index in [4.69, 9.17) is 10.5 Å². The summed E-state index contributed by atoms with van der Waals surface area (Å²) >= 11 is 0. The first-order valence-electron chi connectivity index (χ1n) is 3.98. The second-order valence-electron chi connectivity index (χ2n) is 2.52. The Balaban J connectivity index is 3.01. The maximum absolute atomic E-state index is 12.8. The summed E-state index contributed by atoms with van der Waals surface area (Å²) in [5.74, 6) is 0.364. The summed E-state index contributed by atoms with van der Waals surface area (Å²) in [5.41, 5.74) is 5.99. The molecule has 0 aliphatic carbocycles. The van der Waals surface area contributed by atoms with Gasteiger partial charge in [-0.1, -0.05) is 12.2 Å². The van der Waals surface area contributed by atoms with E-state index in [1.54, 1.807) is 25.3 Å². The number of methoxy groups -OCH3 is 1. The van der Waals surface area contributed by atoms with Crippen LogP contribution in [0.5, 0.6) is 5.75 Å². The van der Waals surface area contributed by atoms with Gasteiger partial charge in [-0.2, -0.15) is 0 Å². The lowest BCUT2D eigenvalue weighted by Crippen LogP contribution is -1.93. The van der Waals surface area contributed by atoms with E-state index in [0.29, 0.717) is 17.9 Å². The van der Waals surface area contributed by atoms with Gasteiger partial charge >= 0.3 is 0 Å². The molecule has 2 N–H and O–H groups in total. The molecule has 0 saturated carbocycles. The summed E-state index contributed by atoms with van der Waals surface area (Å²) in [7, 11) is 1.55. The van der Waals surface area contributed by atoms with Crippen LogP contribution in [0.4, 0.5) is 4.39 Å². The molecule has 0 aliphatic heterocycles. The largest absolute Gasteiger partial charge is 0.496 e. The standard InChI is InChI=1S/C10H12FNO/c1-13-10-5-4-9(11)7-8(10)3-2-6-12/h2-5,7H,6,12H2,1H3. The monoisotopic (exact) mass is 181 g/mol. The lowest BCUT2D eigenvalue weighted by Gasteiger charge is -2.03. The van der Waals surface area contributed by atoms with Crippen molar-refractivity contribution >= 4 is 6.08 Å². The summed E-state index contributed by atoms with van der Waals surface area (Å²) in [5, 5.41) is 0. The summed E-state index contributed by atoms with van der Waals surface area (Å²) < 4.78 is 17.8. The Hall–Kier alpha value is -1.35. The van der Waals surface area contributed by atoms with E-state index >= 15 is 0 Å². The Kier molecular flexibility index (Phi) is 3.46. The number of halogens is 1. The van der Waals surface area contributed by atoms with E-state index in [1.165, 1.54) is 12.1 Å². The summed E-state index contributed by atoms with van der Waals surface area (Å²) in [6.07, 6.45) is 3.49. The van der Waals surface area contributed by atoms with Crippen molar-refractivity contribution in [2.75, 3.05) is 13.7 Å². The molecule has 0 spiro atoms. The lowest BCUT2D eigenvalue weighted by molar-refractivity contribution is 0.412. The van der Waals surface area contributed by atoms with Gasteiger partial charge in [0.25, 0.3) is 0 Å². The zero-order chi connectivity index (χ0) is 9.68. The first-order chi connectivity index (χ1) is 6.27. The Bertz CT molecular complexity index is 310. The van der Waals surface area contributed by atoms with Crippen LogP contribution in [-0.4, -0.2) is 13.7 Å². The molecule has 0 saturated heterocycles. The zero-order valence-electron chi connectivity index (χ0n) is 7.46. The van der Waals surface area contributed by atoms with Gasteiger partial charge in [-0.15, -0.1) is 0 Å². The highest BCUT2D eigenvalue weighted by atomic mass is 19.1. The Morgan fingerprint density at radius 2 is 2.31 bits per heavy atom. The van der Waals surface area contributed by atoms with E-state index in [1.807, 2.05) is 0 Å². The van der Waals surface area contributed by atoms with Gasteiger partial charge in [0.15, 0.2) is 0 Å². The normalized spacial score (nSPS) is 10.7. The predicted molar refractivity (Wildman–Crippen MR) is 51.0 cm³/mol. The van der Waals surface area contributed by atoms with E-state index in [9.17, 15) is 4.39 Å². The van der Waals surface area contributed by atoms with Crippen LogP contribution in [0.2, 0.25) is 0 Å². The molecule has 0 fully saturated rings. The van der Waals surface area contributed by atoms with Crippen LogP contribution in [0.25, 0.3) is 6.08 Å². The third-order valence-corrected chi connectivity index (χ3v) is 1.63. The molecule has 0 aliphatic rings. The fraction of sp³-hybridized carbons (Fsp3) is 0.200. The fourth-order valence-corrected chi connectivity index (χ4v) is 1.03. The average Bonchev–Trinajstić information content (AvgIpc) is 2.15. The third kappa shape index (κ3) is 2.56. The topological polar surface area (TPSA) is 35.2 Å². The number of hydrogen-bond acceptors (Lipinski definition) is 2. The van der Waals surface area contributed by atoms with Crippen molar-refractivity contribution in [3.05, 3.63) is 35.7 Å². The van der Waals surface area contributed by atoms with E-state index in [0.717, 1.165) is 0 Å². The van der Waals surface area contributed by atoms with E-state index in [2.05, 4.69) is 0 Å². The van der Waals surface area contributed by atoms with Gasteiger partial charge in [0, 0.05) is 12.1 Å². The lowest BCUT2D eigenvalue weighted by atomic mass is 10.2. The van der Waals surface area contributed by atoms with Crippen LogP contribution >= 0.6 is 0 Å². The quantitative estimate of drug-likeness (QED) is 0.771. The maximum Gasteiger partial charge on any atom is 0.126 e. The molecule has 0 amide bonds. The summed E-state index contributed by atoms with van der Waals surface area (Å²) in [6, 6.07) is 4.36. The molecule has 0 radical (unpaired) electrons. The SMILES string of the molecule is COc1ccc(F)cc1C=CCN. The highest BCUT2D eigenvalue weighted by Gasteiger charge is 1.99. The number of rotatable bonds is 3. The Morgan fingerprint density at radius 1 is 1.54 bits per heavy atom. The summed E-state index contributed by atoms with van der Waals surface area (Å²) in [4.78, 5) is 0. The second kappa shape index (κ2) is 4.62. The van der Waals surface area contributed by atoms with Gasteiger partial charge in [-0.25, -0.2) is 4.39 Å². The van der Waals surface area contributed by atoms with Gasteiger partial charge in [0.1, 0.15) is 11.6 Å². The van der Waals surface area contributed by atoms with Gasteiger partial charge in [-0.3, -0.25) is 0 Å². The molecular formula is C10H12FNO. The minimum absolute atomic E-state index is 0.280. The van der Waals surface area contributed by atoms with Gasteiger partial charge < -0.3 is 10.5 Å². The predicted octanol–water partition coefficient (Wildman–Crippen LogP) is 1.81. The van der Waals surface area contributed by atoms with Crippen molar-refractivity contribution in [1.82, 2.24) is 0 Å². The van der Waals surface area contributed by atoms with Gasteiger partial charge in [0.2, 0.25) is 0 Å². The smallest absolute Gasteiger partial charge is 0.126 e. The molecule has 0 atom stereocenters. The molecule has 2 nitrogen and oxygen atoms in total. The van der Waals surface area contributed by atoms with Gasteiger partial charge in [0.05, 0.1) is 7.11 Å². The molecule has 0 bridgehead atoms. The summed E-state index contributed by atoms with van der Waals surface area (Å²) in [6.45, 7) is 0.430. The molecular weight excluding hydrogens is 169 g/mol. The minimum Gasteiger partial charge on any atom is -0.496 e. The highest BCUT2D eigenvalue weighted by molar-refractivity contribution is 5.57. The number of ether oxygens (including phenoxy) is 1. The van der Waals surface area contributed by atoms with Crippen LogP contribution in [-0.2, 0) is 0 Å². The molecule has 13 heavy (non-hydrogen) atoms. The average molecular weight is 181 g/mol. The number of nitrogens with two attached hydrogens (primary N) is 1. The Labute approximate surface area is 76.8 Å². The molecule has 1 aromatic rings. The fourth-order valence-electron chi connectivity index (χ4n) is 1.03. The number of hydrogen-bond donors (Lipinski definition) is 1. The highest BCUT2D eigenvalue weighted by Crippen LogP contribution is 2.20. The number of benzene rings is 1. The zero-order valence-corrected chi connectivity index (χ0v) is 7.46. The Morgan fingerprint density at radius 3 is 2.92 bits per heavy atom. The second-order valence-corrected chi connectivity index (χ2v) is 2.52. The first-order valence-corrected chi connectivity index (χ1v) is 3.98. The third-order valence-electron chi connectivity index (χ3n) is 1.63. The molecule has 1 aromatic carbocycles. The molecule has 0 heterocycles. The van der Waals surface area contributed by atoms with Crippen LogP contribution in [0.1, 0.15) is 5.56 Å². The van der Waals surface area contributed by atoms with Crippen LogP contribution in [0, 0.1) is 5.82 Å². The molecule has 3 heteroatoms. The van der Waals surface area contributed by atoms with E-state index < -0.39 is 0 Å². The van der Waals surface area contributed by atoms with Crippen molar-refractivity contribution in [2.24, 2.45) is 5.73 Å². The van der Waals surface area contributed by atoms with Crippen LogP contribution in [0.15, 0.2) is 24.3 Å². The van der Waals surface area contributed by atoms with Crippen molar-refractivity contribution in [3.8, 4) is 5.75 Å². The van der Waals surface area contributed by atoms with Crippen molar-refractivity contribution in [2.45, 2.75) is 0 Å². The van der Waals surface area contributed by atoms with Crippen molar-refractivity contribution in [3.63, 3.8) is 0 Å². The molecule has 0 unspecified atom stereocenters.